The number of benzene rings is 2. The monoisotopic (exact) mass is 801 g/mol. The van der Waals surface area contributed by atoms with Gasteiger partial charge in [-0.25, -0.2) is 9.97 Å². The van der Waals surface area contributed by atoms with Crippen molar-refractivity contribution in [2.45, 2.75) is 83.3 Å². The zero-order valence-corrected chi connectivity index (χ0v) is 33.8. The van der Waals surface area contributed by atoms with Gasteiger partial charge in [-0.3, -0.25) is 14.9 Å². The van der Waals surface area contributed by atoms with Crippen molar-refractivity contribution < 1.29 is 28.6 Å². The number of anilines is 1. The summed E-state index contributed by atoms with van der Waals surface area (Å²) in [6.07, 6.45) is 10.2. The van der Waals surface area contributed by atoms with Crippen LogP contribution in [0.3, 0.4) is 0 Å². The van der Waals surface area contributed by atoms with E-state index in [4.69, 9.17) is 29.6 Å². The Morgan fingerprint density at radius 2 is 1.66 bits per heavy atom. The van der Waals surface area contributed by atoms with E-state index in [1.807, 2.05) is 31.1 Å². The van der Waals surface area contributed by atoms with Crippen LogP contribution in [-0.4, -0.2) is 90.9 Å². The van der Waals surface area contributed by atoms with Crippen LogP contribution in [0.15, 0.2) is 59.5 Å². The second-order valence-electron chi connectivity index (χ2n) is 16.5. The fourth-order valence-electron chi connectivity index (χ4n) is 9.04. The van der Waals surface area contributed by atoms with Crippen LogP contribution in [0, 0.1) is 11.8 Å². The lowest BCUT2D eigenvalue weighted by Gasteiger charge is -2.27. The first-order chi connectivity index (χ1) is 28.6. The Labute approximate surface area is 342 Å². The number of amides is 2. The van der Waals surface area contributed by atoms with Crippen molar-refractivity contribution in [3.8, 4) is 28.3 Å². The van der Waals surface area contributed by atoms with Gasteiger partial charge in [-0.2, -0.15) is 4.98 Å². The predicted molar refractivity (Wildman–Crippen MR) is 221 cm³/mol. The molecule has 9 rings (SSSR count). The van der Waals surface area contributed by atoms with Crippen LogP contribution in [-0.2, 0) is 9.53 Å². The van der Waals surface area contributed by atoms with Gasteiger partial charge in [0.15, 0.2) is 5.69 Å². The number of hydrogen-bond donors (Lipinski definition) is 5. The standard InChI is InChI=1S/C44H51N9O6/c1-23(2)38(45)42(55)53-14-6-8-36(53)40-47-20-33(49-40)26-10-12-31-28-16-27-15-25(9-11-30(27)24(3)29(17-28)21-58-37(31)18-26)32-19-46-39(48-32)35-7-5-13-52(35)41(54)34-22-59-43(50-34)51-44(56)57-4/h9-12,15-16,18-20,22-24,29,35-36,38,44,56H,5-8,13-14,17,21,45H2,1-4H3,(H,46,48)(H,47,49)(H,50,51). The van der Waals surface area contributed by atoms with Gasteiger partial charge in [0.1, 0.15) is 23.7 Å². The molecule has 4 aliphatic rings. The number of ether oxygens (including phenoxy) is 2. The molecule has 6 atom stereocenters. The van der Waals surface area contributed by atoms with Crippen molar-refractivity contribution in [1.29, 1.82) is 0 Å². The first-order valence-electron chi connectivity index (χ1n) is 20.6. The number of aromatic amines is 2. The number of fused-ring (bicyclic) bond motifs is 5. The molecule has 0 radical (unpaired) electrons. The Kier molecular flexibility index (Phi) is 10.4. The number of allylic oxidation sites excluding steroid dienone is 1. The largest absolute Gasteiger partial charge is 0.493 e. The summed E-state index contributed by atoms with van der Waals surface area (Å²) in [5.74, 6) is 2.67. The summed E-state index contributed by atoms with van der Waals surface area (Å²) in [7, 11) is 1.33. The minimum atomic E-state index is -1.31. The van der Waals surface area contributed by atoms with Crippen molar-refractivity contribution in [1.82, 2.24) is 34.7 Å². The third-order valence-electron chi connectivity index (χ3n) is 12.6. The molecule has 2 fully saturated rings. The van der Waals surface area contributed by atoms with E-state index in [0.717, 1.165) is 71.8 Å². The number of H-pyrrole nitrogens is 2. The van der Waals surface area contributed by atoms with Crippen LogP contribution < -0.4 is 15.8 Å². The number of likely N-dealkylation sites (tertiary alicyclic amines) is 2. The van der Waals surface area contributed by atoms with Crippen molar-refractivity contribution >= 4 is 29.5 Å². The first-order valence-corrected chi connectivity index (χ1v) is 20.6. The normalized spacial score (nSPS) is 22.3. The van der Waals surface area contributed by atoms with Crippen molar-refractivity contribution in [3.63, 3.8) is 0 Å². The Bertz CT molecular complexity index is 2400. The number of methoxy groups -OCH3 is 1. The van der Waals surface area contributed by atoms with E-state index < -0.39 is 12.5 Å². The molecule has 6 unspecified atom stereocenters. The van der Waals surface area contributed by atoms with E-state index in [2.05, 4.69) is 69.7 Å². The van der Waals surface area contributed by atoms with E-state index in [1.165, 1.54) is 30.1 Å². The molecule has 1 aliphatic carbocycles. The number of carbonyl (C=O) groups excluding carboxylic acids is 2. The van der Waals surface area contributed by atoms with Crippen LogP contribution in [0.2, 0.25) is 0 Å². The van der Waals surface area contributed by atoms with Gasteiger partial charge in [0, 0.05) is 42.8 Å². The number of hydrogen-bond acceptors (Lipinski definition) is 11. The molecule has 15 heteroatoms. The summed E-state index contributed by atoms with van der Waals surface area (Å²) in [6, 6.07) is 12.1. The van der Waals surface area contributed by atoms with E-state index in [-0.39, 0.29) is 53.4 Å². The molecule has 59 heavy (non-hydrogen) atoms. The van der Waals surface area contributed by atoms with Crippen molar-refractivity contribution in [2.24, 2.45) is 17.6 Å². The molecule has 3 aliphatic heterocycles. The number of oxazole rings is 1. The lowest BCUT2D eigenvalue weighted by atomic mass is 9.84. The van der Waals surface area contributed by atoms with E-state index in [1.54, 1.807) is 4.90 Å². The van der Waals surface area contributed by atoms with Crippen LogP contribution in [0.25, 0.3) is 34.2 Å². The van der Waals surface area contributed by atoms with Gasteiger partial charge in [0.2, 0.25) is 12.3 Å². The zero-order chi connectivity index (χ0) is 40.9. The summed E-state index contributed by atoms with van der Waals surface area (Å²) in [5.41, 5.74) is 14.9. The second kappa shape index (κ2) is 15.8. The Hall–Kier alpha value is -5.77. The summed E-state index contributed by atoms with van der Waals surface area (Å²) in [5, 5.41) is 12.2. The van der Waals surface area contributed by atoms with Crippen molar-refractivity contribution in [2.75, 3.05) is 32.1 Å². The lowest BCUT2D eigenvalue weighted by molar-refractivity contribution is -0.134. The summed E-state index contributed by atoms with van der Waals surface area (Å²) in [6.45, 7) is 8.09. The number of nitrogens with one attached hydrogen (secondary N) is 3. The number of carbonyl (C=O) groups is 2. The van der Waals surface area contributed by atoms with E-state index >= 15 is 0 Å². The first kappa shape index (κ1) is 38.7. The highest BCUT2D eigenvalue weighted by molar-refractivity contribution is 5.93. The van der Waals surface area contributed by atoms with Gasteiger partial charge in [0.05, 0.1) is 48.5 Å². The van der Waals surface area contributed by atoms with Gasteiger partial charge in [-0.15, -0.1) is 0 Å². The van der Waals surface area contributed by atoms with E-state index in [9.17, 15) is 14.7 Å². The molecule has 0 saturated carbocycles. The topological polar surface area (TPSA) is 201 Å². The maximum atomic E-state index is 13.5. The van der Waals surface area contributed by atoms with Gasteiger partial charge in [0.25, 0.3) is 11.9 Å². The molecule has 3 aromatic heterocycles. The highest BCUT2D eigenvalue weighted by atomic mass is 16.6. The molecule has 2 amide bonds. The molecular formula is C44H51N9O6. The third kappa shape index (κ3) is 7.31. The average Bonchev–Trinajstić information content (AvgIpc) is 4.09. The number of rotatable bonds is 10. The maximum Gasteiger partial charge on any atom is 0.299 e. The molecule has 6 heterocycles. The Balaban J connectivity index is 0.950. The molecule has 0 spiro atoms. The molecule has 6 N–H and O–H groups in total. The molecule has 15 nitrogen and oxygen atoms in total. The predicted octanol–water partition coefficient (Wildman–Crippen LogP) is 6.47. The zero-order valence-electron chi connectivity index (χ0n) is 33.8. The number of nitrogens with two attached hydrogens (primary N) is 1. The average molecular weight is 802 g/mol. The fourth-order valence-corrected chi connectivity index (χ4v) is 9.04. The third-order valence-corrected chi connectivity index (χ3v) is 12.6. The Morgan fingerprint density at radius 1 is 0.983 bits per heavy atom. The number of imidazole rings is 2. The van der Waals surface area contributed by atoms with Gasteiger partial charge >= 0.3 is 0 Å². The molecule has 2 saturated heterocycles. The summed E-state index contributed by atoms with van der Waals surface area (Å²) >= 11 is 0. The maximum absolute atomic E-state index is 13.5. The quantitative estimate of drug-likeness (QED) is 0.0970. The fraction of sp³-hybridized carbons (Fsp3) is 0.432. The number of aliphatic hydroxyl groups is 1. The Morgan fingerprint density at radius 3 is 2.37 bits per heavy atom. The lowest BCUT2D eigenvalue weighted by Crippen LogP contribution is -2.46. The number of aromatic nitrogens is 5. The minimum absolute atomic E-state index is 0.00955. The smallest absolute Gasteiger partial charge is 0.299 e. The molecule has 308 valence electrons. The van der Waals surface area contributed by atoms with E-state index in [0.29, 0.717) is 25.5 Å². The van der Waals surface area contributed by atoms with Crippen LogP contribution in [0.5, 0.6) is 5.75 Å². The molecular weight excluding hydrogens is 751 g/mol. The second-order valence-corrected chi connectivity index (χ2v) is 16.5. The minimum Gasteiger partial charge on any atom is -0.493 e. The van der Waals surface area contributed by atoms with Gasteiger partial charge < -0.3 is 44.5 Å². The van der Waals surface area contributed by atoms with Crippen molar-refractivity contribution in [3.05, 3.63) is 89.1 Å². The summed E-state index contributed by atoms with van der Waals surface area (Å²) < 4.78 is 16.7. The number of nitrogens with zero attached hydrogens (tertiary/aromatic N) is 5. The SMILES string of the molecule is COC(O)Nc1nc(C(=O)N2CCCC2c2ncc(-c3ccc4c(c3)C=C3CC(COc5cc(-c6cnc(C7CCCN7C(=O)C(N)C(C)C)[nH]6)ccc53)C4C)[nH]2)co1. The number of aliphatic hydroxyl groups excluding tert-OH is 1. The summed E-state index contributed by atoms with van der Waals surface area (Å²) in [4.78, 5) is 51.1. The van der Waals surface area contributed by atoms with Gasteiger partial charge in [-0.1, -0.05) is 51.1 Å². The van der Waals surface area contributed by atoms with Crippen LogP contribution in [0.4, 0.5) is 6.01 Å². The van der Waals surface area contributed by atoms with Crippen LogP contribution in [0.1, 0.15) is 110 Å². The van der Waals surface area contributed by atoms with Gasteiger partial charge in [-0.05, 0) is 72.8 Å². The highest BCUT2D eigenvalue weighted by Gasteiger charge is 2.37. The molecule has 2 bridgehead atoms. The molecule has 5 aromatic rings. The van der Waals surface area contributed by atoms with Crippen LogP contribution >= 0.6 is 0 Å². The highest BCUT2D eigenvalue weighted by Crippen LogP contribution is 2.46. The molecule has 2 aromatic carbocycles.